The first-order chi connectivity index (χ1) is 4.74. The quantitative estimate of drug-likeness (QED) is 0.400. The van der Waals surface area contributed by atoms with Gasteiger partial charge in [0, 0.05) is 12.2 Å². The smallest absolute Gasteiger partial charge is 0.113 e. The Kier molecular flexibility index (Phi) is 1.97. The zero-order valence-corrected chi connectivity index (χ0v) is 5.67. The fraction of sp³-hybridized carbons (Fsp3) is 0.143. The molecule has 10 heavy (non-hydrogen) atoms. The molecule has 1 rings (SSSR count). The summed E-state index contributed by atoms with van der Waals surface area (Å²) in [5.41, 5.74) is 13.3. The minimum absolute atomic E-state index is 0.441. The lowest BCUT2D eigenvalue weighted by molar-refractivity contribution is 1.08. The predicted octanol–water partition coefficient (Wildman–Crippen LogP) is -0.479. The summed E-state index contributed by atoms with van der Waals surface area (Å²) in [5.74, 6) is 0. The summed E-state index contributed by atoms with van der Waals surface area (Å²) in [7, 11) is 5.49. The lowest BCUT2D eigenvalue weighted by Gasteiger charge is -2.02. The molecule has 0 fully saturated rings. The second-order valence-corrected chi connectivity index (χ2v) is 2.16. The van der Waals surface area contributed by atoms with Crippen LogP contribution in [0.25, 0.3) is 0 Å². The van der Waals surface area contributed by atoms with E-state index in [4.69, 9.17) is 19.3 Å². The summed E-state index contributed by atoms with van der Waals surface area (Å²) in [4.78, 5) is 0. The van der Waals surface area contributed by atoms with Crippen LogP contribution in [0.1, 0.15) is 5.56 Å². The van der Waals surface area contributed by atoms with E-state index in [2.05, 4.69) is 0 Å². The summed E-state index contributed by atoms with van der Waals surface area (Å²) in [6, 6.07) is 5.31. The Labute approximate surface area is 61.6 Å². The second kappa shape index (κ2) is 2.75. The SMILES string of the molecule is [B]c1ccc(N)c(CN)c1. The first-order valence-corrected chi connectivity index (χ1v) is 3.08. The van der Waals surface area contributed by atoms with Crippen molar-refractivity contribution < 1.29 is 0 Å². The van der Waals surface area contributed by atoms with E-state index in [1.54, 1.807) is 18.2 Å². The molecule has 0 aliphatic heterocycles. The topological polar surface area (TPSA) is 52.0 Å². The molecule has 0 aromatic heterocycles. The Morgan fingerprint density at radius 1 is 1.40 bits per heavy atom. The highest BCUT2D eigenvalue weighted by molar-refractivity contribution is 6.32. The van der Waals surface area contributed by atoms with Crippen molar-refractivity contribution in [3.63, 3.8) is 0 Å². The minimum Gasteiger partial charge on any atom is -0.398 e. The molecule has 0 unspecified atom stereocenters. The molecular weight excluding hydrogens is 123 g/mol. The summed E-state index contributed by atoms with van der Waals surface area (Å²) in [6.07, 6.45) is 0. The molecule has 1 aromatic rings. The molecule has 0 aliphatic carbocycles. The van der Waals surface area contributed by atoms with Crippen LogP contribution in [0.2, 0.25) is 0 Å². The minimum atomic E-state index is 0.441. The molecular formula is C7H9BN2. The number of anilines is 1. The number of nitrogen functional groups attached to an aromatic ring is 1. The summed E-state index contributed by atoms with van der Waals surface area (Å²) in [6.45, 7) is 0.441. The van der Waals surface area contributed by atoms with Crippen LogP contribution in [-0.4, -0.2) is 7.85 Å². The number of hydrogen-bond acceptors (Lipinski definition) is 2. The largest absolute Gasteiger partial charge is 0.398 e. The average Bonchev–Trinajstić information content (AvgIpc) is 1.94. The molecule has 0 amide bonds. The van der Waals surface area contributed by atoms with Crippen LogP contribution in [0, 0.1) is 0 Å². The number of rotatable bonds is 1. The van der Waals surface area contributed by atoms with Gasteiger partial charge in [0.1, 0.15) is 7.85 Å². The van der Waals surface area contributed by atoms with Gasteiger partial charge in [-0.1, -0.05) is 17.6 Å². The van der Waals surface area contributed by atoms with Crippen molar-refractivity contribution in [3.05, 3.63) is 23.8 Å². The van der Waals surface area contributed by atoms with Gasteiger partial charge in [0.2, 0.25) is 0 Å². The third kappa shape index (κ3) is 1.31. The van der Waals surface area contributed by atoms with E-state index in [1.807, 2.05) is 0 Å². The maximum absolute atomic E-state index is 5.56. The van der Waals surface area contributed by atoms with Gasteiger partial charge in [0.05, 0.1) is 0 Å². The molecule has 2 nitrogen and oxygen atoms in total. The van der Waals surface area contributed by atoms with E-state index in [9.17, 15) is 0 Å². The van der Waals surface area contributed by atoms with Gasteiger partial charge in [-0.15, -0.1) is 0 Å². The zero-order chi connectivity index (χ0) is 7.56. The predicted molar refractivity (Wildman–Crippen MR) is 44.1 cm³/mol. The third-order valence-corrected chi connectivity index (χ3v) is 1.39. The van der Waals surface area contributed by atoms with Crippen molar-refractivity contribution in [2.75, 3.05) is 5.73 Å². The Hall–Kier alpha value is -0.955. The maximum Gasteiger partial charge on any atom is 0.113 e. The van der Waals surface area contributed by atoms with Gasteiger partial charge in [-0.05, 0) is 11.6 Å². The van der Waals surface area contributed by atoms with Crippen LogP contribution < -0.4 is 16.9 Å². The molecule has 0 aliphatic rings. The van der Waals surface area contributed by atoms with E-state index < -0.39 is 0 Å². The Morgan fingerprint density at radius 2 is 2.10 bits per heavy atom. The highest BCUT2D eigenvalue weighted by Crippen LogP contribution is 2.06. The van der Waals surface area contributed by atoms with E-state index in [0.717, 1.165) is 5.56 Å². The average molecular weight is 132 g/mol. The Balaban J connectivity index is 3.09. The third-order valence-electron chi connectivity index (χ3n) is 1.39. The number of nitrogens with two attached hydrogens (primary N) is 2. The summed E-state index contributed by atoms with van der Waals surface area (Å²) >= 11 is 0. The van der Waals surface area contributed by atoms with E-state index in [1.165, 1.54) is 0 Å². The van der Waals surface area contributed by atoms with Gasteiger partial charge >= 0.3 is 0 Å². The Morgan fingerprint density at radius 3 is 2.60 bits per heavy atom. The van der Waals surface area contributed by atoms with E-state index in [0.29, 0.717) is 17.7 Å². The maximum atomic E-state index is 5.56. The van der Waals surface area contributed by atoms with E-state index >= 15 is 0 Å². The normalized spacial score (nSPS) is 9.70. The van der Waals surface area contributed by atoms with Crippen molar-refractivity contribution in [3.8, 4) is 0 Å². The van der Waals surface area contributed by atoms with Crippen molar-refractivity contribution in [1.29, 1.82) is 0 Å². The van der Waals surface area contributed by atoms with Gasteiger partial charge < -0.3 is 11.5 Å². The van der Waals surface area contributed by atoms with Crippen molar-refractivity contribution >= 4 is 19.0 Å². The number of benzene rings is 1. The molecule has 2 radical (unpaired) electrons. The monoisotopic (exact) mass is 132 g/mol. The first-order valence-electron chi connectivity index (χ1n) is 3.08. The van der Waals surface area contributed by atoms with Crippen LogP contribution in [0.5, 0.6) is 0 Å². The molecule has 3 heteroatoms. The molecule has 0 atom stereocenters. The van der Waals surface area contributed by atoms with Crippen molar-refractivity contribution in [2.45, 2.75) is 6.54 Å². The zero-order valence-electron chi connectivity index (χ0n) is 5.67. The molecule has 0 spiro atoms. The second-order valence-electron chi connectivity index (χ2n) is 2.16. The van der Waals surface area contributed by atoms with Crippen molar-refractivity contribution in [2.24, 2.45) is 5.73 Å². The molecule has 0 heterocycles. The highest BCUT2D eigenvalue weighted by Gasteiger charge is 1.94. The molecule has 1 aromatic carbocycles. The van der Waals surface area contributed by atoms with E-state index in [-0.39, 0.29) is 0 Å². The van der Waals surface area contributed by atoms with Crippen LogP contribution in [0.4, 0.5) is 5.69 Å². The van der Waals surface area contributed by atoms with Gasteiger partial charge in [0.15, 0.2) is 0 Å². The standard InChI is InChI=1S/C7H9BN2/c8-6-1-2-7(10)5(3-6)4-9/h1-3H,4,9-10H2. The van der Waals surface area contributed by atoms with Gasteiger partial charge in [-0.2, -0.15) is 0 Å². The van der Waals surface area contributed by atoms with Crippen LogP contribution in [0.15, 0.2) is 18.2 Å². The van der Waals surface area contributed by atoms with Crippen LogP contribution in [0.3, 0.4) is 0 Å². The Bertz CT molecular complexity index is 235. The summed E-state index contributed by atoms with van der Waals surface area (Å²) in [5, 5.41) is 0. The number of hydrogen-bond donors (Lipinski definition) is 2. The fourth-order valence-corrected chi connectivity index (χ4v) is 0.802. The highest BCUT2D eigenvalue weighted by atomic mass is 14.6. The fourth-order valence-electron chi connectivity index (χ4n) is 0.802. The van der Waals surface area contributed by atoms with Gasteiger partial charge in [-0.3, -0.25) is 0 Å². The lowest BCUT2D eigenvalue weighted by atomic mass is 9.94. The van der Waals surface area contributed by atoms with Crippen LogP contribution in [-0.2, 0) is 6.54 Å². The lowest BCUT2D eigenvalue weighted by Crippen LogP contribution is -2.08. The molecule has 4 N–H and O–H groups in total. The molecule has 0 saturated heterocycles. The molecule has 0 bridgehead atoms. The summed E-state index contributed by atoms with van der Waals surface area (Å²) < 4.78 is 0. The van der Waals surface area contributed by atoms with Gasteiger partial charge in [-0.25, -0.2) is 0 Å². The molecule has 50 valence electrons. The first kappa shape index (κ1) is 7.16. The van der Waals surface area contributed by atoms with Gasteiger partial charge in [0.25, 0.3) is 0 Å². The van der Waals surface area contributed by atoms with Crippen molar-refractivity contribution in [1.82, 2.24) is 0 Å². The molecule has 0 saturated carbocycles. The van der Waals surface area contributed by atoms with Crippen LogP contribution >= 0.6 is 0 Å².